The second-order valence-electron chi connectivity index (χ2n) is 23.6. The van der Waals surface area contributed by atoms with Crippen LogP contribution in [-0.4, -0.2) is 159 Å². The highest BCUT2D eigenvalue weighted by atomic mass is 16.6. The van der Waals surface area contributed by atoms with E-state index in [0.717, 1.165) is 10.0 Å². The molecule has 6 atom stereocenters. The Morgan fingerprint density at radius 2 is 1.05 bits per heavy atom. The summed E-state index contributed by atoms with van der Waals surface area (Å²) >= 11 is 0. The van der Waals surface area contributed by atoms with Crippen molar-refractivity contribution in [2.24, 2.45) is 17.8 Å². The molecule has 0 aromatic heterocycles. The predicted molar refractivity (Wildman–Crippen MR) is 282 cm³/mol. The molecule has 24 nitrogen and oxygen atoms in total. The van der Waals surface area contributed by atoms with Crippen molar-refractivity contribution in [1.82, 2.24) is 36.4 Å². The van der Waals surface area contributed by atoms with E-state index < -0.39 is 117 Å². The first-order chi connectivity index (χ1) is 33.8. The number of ether oxygens (including phenoxy) is 6. The summed E-state index contributed by atoms with van der Waals surface area (Å²) in [6, 6.07) is -2.72. The first kappa shape index (κ1) is 72.1. The Bertz CT molecular complexity index is 2000. The van der Waals surface area contributed by atoms with Gasteiger partial charge in [0.1, 0.15) is 46.1 Å². The minimum absolute atomic E-state index is 0. The number of aliphatic carboxylic acids is 1. The number of alkyl carbamates (subject to hydrolysis) is 1. The van der Waals surface area contributed by atoms with Gasteiger partial charge in [-0.2, -0.15) is 5.01 Å². The first-order valence-electron chi connectivity index (χ1n) is 25.2. The van der Waals surface area contributed by atoms with Gasteiger partial charge in [0.25, 0.3) is 5.91 Å². The standard InChI is InChI=1S/C20H36N4O6.C17H30N2O6.C14H25NO5.CH4/c1-12(2)14(22-18(28)30-19(4,5)6)15(25)21-13(3)16(26)24-11-9-10-20(7,23-24)17(27)29-8;1-15(2,3)24-13(21)18-11-9-10-17(7,12(20)23-8)19(18)14(22)25-16(4,5)6;1-8(2)10(7-11(16)20-14(4,5)6)12(17)15-9(3)13(18)19;/h12-14,23H,9-11H2,1-8H3,(H,21,25)(H,22,28);9-11H2,1-8H3;8-10H,7H2,1-6H3,(H,15,17)(H,18,19);1H4/t13-,14-,20?;;9-,10-;/m0.0./s1. The molecule has 0 spiro atoms. The SMILES string of the molecule is C.CC(C)[C@H](CC(=O)OC(C)(C)C)C(=O)N[C@@H](C)C(=O)O.COC(=O)C1(C)CCCN(C(=O)OC(C)(C)C)N1C(=O)OC(C)(C)C.COC(=O)C1(C)CCCN(C(=O)[C@H](C)NC(=O)[C@@H](NC(=O)OC(C)(C)C)C(C)C)N1. The van der Waals surface area contributed by atoms with Gasteiger partial charge in [-0.15, -0.1) is 0 Å². The Kier molecular flexibility index (Phi) is 28.0. The summed E-state index contributed by atoms with van der Waals surface area (Å²) in [5.41, 5.74) is -2.28. The first-order valence-corrected chi connectivity index (χ1v) is 25.2. The van der Waals surface area contributed by atoms with Crippen molar-refractivity contribution in [3.63, 3.8) is 0 Å². The maximum atomic E-state index is 12.8. The van der Waals surface area contributed by atoms with Crippen molar-refractivity contribution < 1.29 is 81.5 Å². The summed E-state index contributed by atoms with van der Waals surface area (Å²) in [6.45, 7) is 34.7. The van der Waals surface area contributed by atoms with E-state index in [0.29, 0.717) is 32.2 Å². The van der Waals surface area contributed by atoms with Gasteiger partial charge in [-0.3, -0.25) is 33.8 Å². The summed E-state index contributed by atoms with van der Waals surface area (Å²) < 4.78 is 30.9. The Morgan fingerprint density at radius 1 is 0.592 bits per heavy atom. The van der Waals surface area contributed by atoms with E-state index in [9.17, 15) is 47.9 Å². The molecule has 0 saturated carbocycles. The molecule has 2 saturated heterocycles. The van der Waals surface area contributed by atoms with Gasteiger partial charge >= 0.3 is 42.2 Å². The predicted octanol–water partition coefficient (Wildman–Crippen LogP) is 6.42. The van der Waals surface area contributed by atoms with Crippen LogP contribution in [0.2, 0.25) is 0 Å². The van der Waals surface area contributed by atoms with Gasteiger partial charge in [0.2, 0.25) is 11.8 Å². The molecular formula is C52H95N7O17. The Labute approximate surface area is 451 Å². The topological polar surface area (TPSA) is 304 Å². The lowest BCUT2D eigenvalue weighted by Gasteiger charge is -2.48. The lowest BCUT2D eigenvalue weighted by Crippen LogP contribution is -2.67. The molecule has 5 N–H and O–H groups in total. The minimum Gasteiger partial charge on any atom is -0.480 e. The van der Waals surface area contributed by atoms with E-state index in [1.165, 1.54) is 26.2 Å². The number of methoxy groups -OCH3 is 2. The van der Waals surface area contributed by atoms with Crippen LogP contribution in [0, 0.1) is 17.8 Å². The third-order valence-electron chi connectivity index (χ3n) is 10.9. The van der Waals surface area contributed by atoms with Gasteiger partial charge in [0.15, 0.2) is 5.54 Å². The second-order valence-corrected chi connectivity index (χ2v) is 23.6. The number of hydrogen-bond donors (Lipinski definition) is 5. The Hall–Kier alpha value is -5.94. The molecule has 0 bridgehead atoms. The van der Waals surface area contributed by atoms with Crippen LogP contribution in [0.5, 0.6) is 0 Å². The molecule has 2 aliphatic rings. The van der Waals surface area contributed by atoms with E-state index in [1.807, 2.05) is 0 Å². The molecular weight excluding hydrogens is 995 g/mol. The van der Waals surface area contributed by atoms with Gasteiger partial charge in [-0.05, 0) is 148 Å². The summed E-state index contributed by atoms with van der Waals surface area (Å²) in [7, 11) is 2.54. The summed E-state index contributed by atoms with van der Waals surface area (Å²) in [6.07, 6.45) is -0.282. The molecule has 0 aromatic rings. The third-order valence-corrected chi connectivity index (χ3v) is 10.9. The molecule has 76 heavy (non-hydrogen) atoms. The molecule has 2 heterocycles. The number of amides is 6. The summed E-state index contributed by atoms with van der Waals surface area (Å²) in [5.74, 6) is -4.91. The van der Waals surface area contributed by atoms with Gasteiger partial charge in [-0.25, -0.2) is 29.6 Å². The van der Waals surface area contributed by atoms with E-state index in [-0.39, 0.29) is 32.2 Å². The quantitative estimate of drug-likeness (QED) is 0.0982. The number of carbonyl (C=O) groups excluding carboxylic acids is 9. The molecule has 2 rings (SSSR count). The average molecular weight is 1090 g/mol. The van der Waals surface area contributed by atoms with Crippen LogP contribution in [0.15, 0.2) is 0 Å². The normalized spacial score (nSPS) is 19.4. The lowest BCUT2D eigenvalue weighted by molar-refractivity contribution is -0.174. The van der Waals surface area contributed by atoms with Crippen LogP contribution < -0.4 is 21.4 Å². The zero-order chi connectivity index (χ0) is 59.0. The van der Waals surface area contributed by atoms with E-state index in [4.69, 9.17) is 33.5 Å². The number of rotatable bonds is 13. The van der Waals surface area contributed by atoms with Crippen LogP contribution in [0.3, 0.4) is 0 Å². The number of hydrogen-bond acceptors (Lipinski definition) is 17. The van der Waals surface area contributed by atoms with Crippen LogP contribution in [0.4, 0.5) is 14.4 Å². The maximum Gasteiger partial charge on any atom is 0.430 e. The van der Waals surface area contributed by atoms with Crippen molar-refractivity contribution in [2.45, 2.75) is 230 Å². The summed E-state index contributed by atoms with van der Waals surface area (Å²) in [5, 5.41) is 19.8. The van der Waals surface area contributed by atoms with Crippen molar-refractivity contribution in [3.8, 4) is 0 Å². The fourth-order valence-electron chi connectivity index (χ4n) is 7.23. The number of nitrogens with zero attached hydrogens (tertiary/aromatic N) is 3. The highest BCUT2D eigenvalue weighted by molar-refractivity contribution is 5.92. The molecule has 2 aliphatic heterocycles. The van der Waals surface area contributed by atoms with Gasteiger partial charge < -0.3 is 49.5 Å². The molecule has 440 valence electrons. The van der Waals surface area contributed by atoms with Gasteiger partial charge in [-0.1, -0.05) is 35.1 Å². The number of hydrazine groups is 2. The van der Waals surface area contributed by atoms with Crippen LogP contribution >= 0.6 is 0 Å². The number of carboxylic acids is 1. The number of carboxylic acid groups (broad SMARTS) is 1. The van der Waals surface area contributed by atoms with Gasteiger partial charge in [0.05, 0.1) is 26.6 Å². The fourth-order valence-corrected chi connectivity index (χ4v) is 7.23. The largest absolute Gasteiger partial charge is 0.480 e. The molecule has 2 unspecified atom stereocenters. The van der Waals surface area contributed by atoms with E-state index in [2.05, 4.69) is 21.4 Å². The highest BCUT2D eigenvalue weighted by Gasteiger charge is 2.52. The number of carbonyl (C=O) groups is 10. The summed E-state index contributed by atoms with van der Waals surface area (Å²) in [4.78, 5) is 122. The minimum atomic E-state index is -1.35. The smallest absolute Gasteiger partial charge is 0.430 e. The maximum absolute atomic E-state index is 12.8. The lowest BCUT2D eigenvalue weighted by atomic mass is 9.91. The molecule has 2 fully saturated rings. The molecule has 0 radical (unpaired) electrons. The zero-order valence-corrected chi connectivity index (χ0v) is 48.7. The van der Waals surface area contributed by atoms with Crippen molar-refractivity contribution in [1.29, 1.82) is 0 Å². The Balaban J connectivity index is 0. The van der Waals surface area contributed by atoms with Crippen LogP contribution in [0.25, 0.3) is 0 Å². The molecule has 6 amide bonds. The van der Waals surface area contributed by atoms with Crippen LogP contribution in [0.1, 0.15) is 178 Å². The fraction of sp³-hybridized carbons (Fsp3) is 0.808. The van der Waals surface area contributed by atoms with Crippen molar-refractivity contribution >= 4 is 59.9 Å². The van der Waals surface area contributed by atoms with Crippen molar-refractivity contribution in [3.05, 3.63) is 0 Å². The Morgan fingerprint density at radius 3 is 1.49 bits per heavy atom. The second kappa shape index (κ2) is 29.5. The third kappa shape index (κ3) is 24.8. The van der Waals surface area contributed by atoms with E-state index >= 15 is 0 Å². The molecule has 0 aromatic carbocycles. The van der Waals surface area contributed by atoms with Crippen molar-refractivity contribution in [2.75, 3.05) is 27.3 Å². The highest BCUT2D eigenvalue weighted by Crippen LogP contribution is 2.33. The zero-order valence-electron chi connectivity index (χ0n) is 48.7. The monoisotopic (exact) mass is 1090 g/mol. The van der Waals surface area contributed by atoms with Gasteiger partial charge in [0, 0.05) is 13.1 Å². The number of esters is 3. The molecule has 0 aliphatic carbocycles. The average Bonchev–Trinajstić information content (AvgIpc) is 3.23. The van der Waals surface area contributed by atoms with E-state index in [1.54, 1.807) is 132 Å². The van der Waals surface area contributed by atoms with Crippen LogP contribution in [-0.2, 0) is 62.0 Å². The molecule has 24 heteroatoms. The number of nitrogens with one attached hydrogen (secondary N) is 4.